The van der Waals surface area contributed by atoms with E-state index in [-0.39, 0.29) is 0 Å². The van der Waals surface area contributed by atoms with Gasteiger partial charge in [0.2, 0.25) is 0 Å². The third-order valence-corrected chi connectivity index (χ3v) is 4.90. The Kier molecular flexibility index (Phi) is 4.76. The van der Waals surface area contributed by atoms with Crippen LogP contribution in [0.1, 0.15) is 32.3 Å². The van der Waals surface area contributed by atoms with Crippen LogP contribution in [0.25, 0.3) is 10.9 Å². The van der Waals surface area contributed by atoms with E-state index in [1.54, 1.807) is 0 Å². The first-order valence-electron chi connectivity index (χ1n) is 6.65. The number of hydrogen-bond donors (Lipinski definition) is 0. The van der Waals surface area contributed by atoms with E-state index in [0.29, 0.717) is 10.7 Å². The summed E-state index contributed by atoms with van der Waals surface area (Å²) in [6.07, 6.45) is 5.51. The van der Waals surface area contributed by atoms with Crippen molar-refractivity contribution in [2.24, 2.45) is 5.92 Å². The minimum Gasteiger partial charge on any atom is -0.256 e. The second-order valence-electron chi connectivity index (χ2n) is 5.14. The third kappa shape index (κ3) is 3.32. The highest BCUT2D eigenvalue weighted by atomic mass is 79.9. The van der Waals surface area contributed by atoms with Crippen LogP contribution in [-0.4, -0.2) is 9.81 Å². The SMILES string of the molecule is CC(C)C(Br)CCCc1ccnc2ccccc12. The predicted octanol–water partition coefficient (Wildman–Crippen LogP) is 4.98. The summed E-state index contributed by atoms with van der Waals surface area (Å²) in [7, 11) is 0. The van der Waals surface area contributed by atoms with E-state index in [1.807, 2.05) is 12.3 Å². The molecule has 0 aliphatic carbocycles. The highest BCUT2D eigenvalue weighted by molar-refractivity contribution is 9.09. The van der Waals surface area contributed by atoms with E-state index in [4.69, 9.17) is 0 Å². The average molecular weight is 306 g/mol. The molecule has 1 atom stereocenters. The fourth-order valence-electron chi connectivity index (χ4n) is 2.19. The average Bonchev–Trinajstić information content (AvgIpc) is 2.38. The molecule has 0 radical (unpaired) electrons. The topological polar surface area (TPSA) is 12.9 Å². The first-order chi connectivity index (χ1) is 8.68. The first kappa shape index (κ1) is 13.5. The van der Waals surface area contributed by atoms with Crippen LogP contribution in [0.5, 0.6) is 0 Å². The van der Waals surface area contributed by atoms with Crippen molar-refractivity contribution in [3.05, 3.63) is 42.1 Å². The van der Waals surface area contributed by atoms with E-state index >= 15 is 0 Å². The Balaban J connectivity index is 2.04. The largest absolute Gasteiger partial charge is 0.256 e. The van der Waals surface area contributed by atoms with Crippen LogP contribution in [0.4, 0.5) is 0 Å². The summed E-state index contributed by atoms with van der Waals surface area (Å²) >= 11 is 3.75. The van der Waals surface area contributed by atoms with Crippen LogP contribution in [-0.2, 0) is 6.42 Å². The monoisotopic (exact) mass is 305 g/mol. The quantitative estimate of drug-likeness (QED) is 0.710. The van der Waals surface area contributed by atoms with Gasteiger partial charge in [-0.2, -0.15) is 0 Å². The molecule has 0 bridgehead atoms. The van der Waals surface area contributed by atoms with Crippen molar-refractivity contribution in [1.82, 2.24) is 4.98 Å². The molecule has 0 N–H and O–H groups in total. The van der Waals surface area contributed by atoms with Crippen molar-refractivity contribution in [3.63, 3.8) is 0 Å². The molecule has 2 heteroatoms. The minimum absolute atomic E-state index is 0.630. The normalized spacial score (nSPS) is 13.1. The van der Waals surface area contributed by atoms with E-state index < -0.39 is 0 Å². The number of aromatic nitrogens is 1. The Morgan fingerprint density at radius 2 is 1.94 bits per heavy atom. The molecule has 96 valence electrons. The zero-order valence-corrected chi connectivity index (χ0v) is 12.7. The lowest BCUT2D eigenvalue weighted by atomic mass is 10.00. The molecular weight excluding hydrogens is 286 g/mol. The molecule has 1 unspecified atom stereocenters. The van der Waals surface area contributed by atoms with Gasteiger partial charge in [0.1, 0.15) is 0 Å². The van der Waals surface area contributed by atoms with Gasteiger partial charge in [-0.1, -0.05) is 48.0 Å². The zero-order valence-electron chi connectivity index (χ0n) is 11.1. The summed E-state index contributed by atoms with van der Waals surface area (Å²) in [6, 6.07) is 10.5. The zero-order chi connectivity index (χ0) is 13.0. The maximum atomic E-state index is 4.40. The highest BCUT2D eigenvalue weighted by Gasteiger charge is 2.09. The molecule has 2 rings (SSSR count). The molecule has 0 aliphatic heterocycles. The molecule has 1 aromatic heterocycles. The van der Waals surface area contributed by atoms with Crippen molar-refractivity contribution in [3.8, 4) is 0 Å². The van der Waals surface area contributed by atoms with Gasteiger partial charge in [0.15, 0.2) is 0 Å². The number of rotatable bonds is 5. The summed E-state index contributed by atoms with van der Waals surface area (Å²) in [5, 5.41) is 1.30. The predicted molar refractivity (Wildman–Crippen MR) is 82.2 cm³/mol. The number of aryl methyl sites for hydroxylation is 1. The minimum atomic E-state index is 0.630. The Morgan fingerprint density at radius 1 is 1.17 bits per heavy atom. The summed E-state index contributed by atoms with van der Waals surface area (Å²) in [5.41, 5.74) is 2.53. The second kappa shape index (κ2) is 6.33. The number of alkyl halides is 1. The van der Waals surface area contributed by atoms with Gasteiger partial charge in [0.05, 0.1) is 5.52 Å². The van der Waals surface area contributed by atoms with Crippen molar-refractivity contribution in [2.45, 2.75) is 37.9 Å². The standard InChI is InChI=1S/C16H20BrN/c1-12(2)15(17)8-5-6-13-10-11-18-16-9-4-3-7-14(13)16/h3-4,7,9-12,15H,5-6,8H2,1-2H3. The molecule has 0 amide bonds. The number of para-hydroxylation sites is 1. The van der Waals surface area contributed by atoms with Gasteiger partial charge in [0, 0.05) is 16.4 Å². The molecule has 1 heterocycles. The van der Waals surface area contributed by atoms with E-state index in [9.17, 15) is 0 Å². The van der Waals surface area contributed by atoms with Crippen molar-refractivity contribution in [2.75, 3.05) is 0 Å². The number of nitrogens with zero attached hydrogens (tertiary/aromatic N) is 1. The second-order valence-corrected chi connectivity index (χ2v) is 6.32. The summed E-state index contributed by atoms with van der Waals surface area (Å²) in [6.45, 7) is 4.53. The third-order valence-electron chi connectivity index (χ3n) is 3.39. The van der Waals surface area contributed by atoms with E-state index in [0.717, 1.165) is 11.9 Å². The summed E-state index contributed by atoms with van der Waals surface area (Å²) in [4.78, 5) is 5.03. The number of benzene rings is 1. The van der Waals surface area contributed by atoms with Gasteiger partial charge in [-0.3, -0.25) is 4.98 Å². The Morgan fingerprint density at radius 3 is 2.72 bits per heavy atom. The van der Waals surface area contributed by atoms with Crippen LogP contribution >= 0.6 is 15.9 Å². The van der Waals surface area contributed by atoms with Crippen LogP contribution in [0.15, 0.2) is 36.5 Å². The molecule has 1 nitrogen and oxygen atoms in total. The van der Waals surface area contributed by atoms with Gasteiger partial charge in [0.25, 0.3) is 0 Å². The molecule has 0 spiro atoms. The summed E-state index contributed by atoms with van der Waals surface area (Å²) in [5.74, 6) is 0.708. The molecule has 2 aromatic rings. The fraction of sp³-hybridized carbons (Fsp3) is 0.438. The van der Waals surface area contributed by atoms with Gasteiger partial charge < -0.3 is 0 Å². The number of hydrogen-bond acceptors (Lipinski definition) is 1. The molecule has 0 saturated heterocycles. The molecule has 1 aromatic carbocycles. The van der Waals surface area contributed by atoms with Crippen LogP contribution in [0.3, 0.4) is 0 Å². The van der Waals surface area contributed by atoms with Crippen LogP contribution in [0.2, 0.25) is 0 Å². The Bertz CT molecular complexity index is 502. The fourth-order valence-corrected chi connectivity index (χ4v) is 2.52. The smallest absolute Gasteiger partial charge is 0.0704 e. The molecule has 0 fully saturated rings. The lowest BCUT2D eigenvalue weighted by Gasteiger charge is -2.13. The Hall–Kier alpha value is -0.890. The van der Waals surface area contributed by atoms with Crippen LogP contribution < -0.4 is 0 Å². The molecule has 0 saturated carbocycles. The number of halogens is 1. The van der Waals surface area contributed by atoms with Gasteiger partial charge in [-0.05, 0) is 42.9 Å². The Labute approximate surface area is 118 Å². The molecule has 18 heavy (non-hydrogen) atoms. The van der Waals surface area contributed by atoms with E-state index in [2.05, 4.69) is 59.0 Å². The lowest BCUT2D eigenvalue weighted by Crippen LogP contribution is -2.07. The van der Waals surface area contributed by atoms with Crippen molar-refractivity contribution in [1.29, 1.82) is 0 Å². The highest BCUT2D eigenvalue weighted by Crippen LogP contribution is 2.22. The van der Waals surface area contributed by atoms with Crippen molar-refractivity contribution >= 4 is 26.8 Å². The van der Waals surface area contributed by atoms with E-state index in [1.165, 1.54) is 23.8 Å². The van der Waals surface area contributed by atoms with Gasteiger partial charge in [-0.25, -0.2) is 0 Å². The van der Waals surface area contributed by atoms with Gasteiger partial charge in [-0.15, -0.1) is 0 Å². The van der Waals surface area contributed by atoms with Crippen LogP contribution in [0, 0.1) is 5.92 Å². The number of pyridine rings is 1. The van der Waals surface area contributed by atoms with Gasteiger partial charge >= 0.3 is 0 Å². The molecular formula is C16H20BrN. The summed E-state index contributed by atoms with van der Waals surface area (Å²) < 4.78 is 0. The lowest BCUT2D eigenvalue weighted by molar-refractivity contribution is 0.563. The van der Waals surface area contributed by atoms with Crippen molar-refractivity contribution < 1.29 is 0 Å². The maximum absolute atomic E-state index is 4.40. The maximum Gasteiger partial charge on any atom is 0.0704 e. The molecule has 0 aliphatic rings. The first-order valence-corrected chi connectivity index (χ1v) is 7.56. The number of fused-ring (bicyclic) bond motifs is 1.